The first-order chi connectivity index (χ1) is 12.1. The van der Waals surface area contributed by atoms with Crippen LogP contribution in [0.25, 0.3) is 0 Å². The third-order valence-electron chi connectivity index (χ3n) is 4.83. The minimum Gasteiger partial charge on any atom is -0.457 e. The number of nitrogens with two attached hydrogens (primary N) is 1. The molecule has 0 aromatic heterocycles. The molecule has 0 saturated heterocycles. The fourth-order valence-corrected chi connectivity index (χ4v) is 3.35. The van der Waals surface area contributed by atoms with Gasteiger partial charge in [0.2, 0.25) is 5.91 Å². The maximum atomic E-state index is 13.2. The van der Waals surface area contributed by atoms with Gasteiger partial charge in [-0.3, -0.25) is 4.79 Å². The van der Waals surface area contributed by atoms with E-state index < -0.39 is 0 Å². The topological polar surface area (TPSA) is 64.4 Å². The Balaban J connectivity index is 1.53. The van der Waals surface area contributed by atoms with Crippen molar-refractivity contribution in [2.24, 2.45) is 11.1 Å². The summed E-state index contributed by atoms with van der Waals surface area (Å²) < 4.78 is 18.8. The summed E-state index contributed by atoms with van der Waals surface area (Å²) in [5, 5.41) is 3.35. The molecule has 1 aliphatic rings. The predicted molar refractivity (Wildman–Crippen MR) is 94.7 cm³/mol. The molecule has 0 heterocycles. The molecule has 2 aromatic rings. The second-order valence-electron chi connectivity index (χ2n) is 6.66. The highest BCUT2D eigenvalue weighted by Crippen LogP contribution is 2.37. The fourth-order valence-electron chi connectivity index (χ4n) is 3.35. The van der Waals surface area contributed by atoms with Crippen LogP contribution < -0.4 is 15.8 Å². The lowest BCUT2D eigenvalue weighted by Crippen LogP contribution is -2.42. The molecule has 25 heavy (non-hydrogen) atoms. The smallest absolute Gasteiger partial charge is 0.224 e. The summed E-state index contributed by atoms with van der Waals surface area (Å²) in [6.45, 7) is 1.28. The molecule has 1 amide bonds. The Kier molecular flexibility index (Phi) is 5.34. The maximum absolute atomic E-state index is 13.2. The largest absolute Gasteiger partial charge is 0.457 e. The number of rotatable bonds is 7. The molecular formula is C20H23FN2O2. The van der Waals surface area contributed by atoms with Crippen LogP contribution in [0.15, 0.2) is 48.5 Å². The number of nitrogens with one attached hydrogen (secondary N) is 1. The number of carbonyl (C=O) groups is 1. The minimum atomic E-state index is -0.388. The van der Waals surface area contributed by atoms with Gasteiger partial charge in [-0.25, -0.2) is 4.39 Å². The van der Waals surface area contributed by atoms with Crippen LogP contribution in [-0.2, 0) is 11.3 Å². The molecule has 1 saturated carbocycles. The van der Waals surface area contributed by atoms with Gasteiger partial charge in [-0.1, -0.05) is 31.0 Å². The van der Waals surface area contributed by atoms with Crippen LogP contribution in [0, 0.1) is 11.2 Å². The zero-order chi connectivity index (χ0) is 17.7. The molecule has 0 aliphatic heterocycles. The van der Waals surface area contributed by atoms with Crippen LogP contribution in [0.4, 0.5) is 4.39 Å². The van der Waals surface area contributed by atoms with Crippen molar-refractivity contribution in [3.8, 4) is 11.5 Å². The van der Waals surface area contributed by atoms with Gasteiger partial charge in [-0.2, -0.15) is 0 Å². The van der Waals surface area contributed by atoms with Crippen LogP contribution in [0.5, 0.6) is 11.5 Å². The minimum absolute atomic E-state index is 0.198. The summed E-state index contributed by atoms with van der Waals surface area (Å²) >= 11 is 0. The number of hydrogen-bond donors (Lipinski definition) is 2. The van der Waals surface area contributed by atoms with Crippen LogP contribution in [0.1, 0.15) is 31.2 Å². The fraction of sp³-hybridized carbons (Fsp3) is 0.350. The van der Waals surface area contributed by atoms with Gasteiger partial charge in [0.15, 0.2) is 0 Å². The first-order valence-corrected chi connectivity index (χ1v) is 8.60. The monoisotopic (exact) mass is 342 g/mol. The third kappa shape index (κ3) is 4.37. The summed E-state index contributed by atoms with van der Waals surface area (Å²) in [7, 11) is 0. The van der Waals surface area contributed by atoms with Crippen molar-refractivity contribution in [3.05, 3.63) is 59.9 Å². The van der Waals surface area contributed by atoms with Crippen LogP contribution in [0.3, 0.4) is 0 Å². The molecule has 132 valence electrons. The molecule has 2 aromatic carbocycles. The van der Waals surface area contributed by atoms with Gasteiger partial charge in [-0.05, 0) is 42.7 Å². The lowest BCUT2D eigenvalue weighted by molar-refractivity contribution is -0.127. The van der Waals surface area contributed by atoms with E-state index >= 15 is 0 Å². The normalized spacial score (nSPS) is 15.9. The molecule has 0 spiro atoms. The number of amides is 1. The van der Waals surface area contributed by atoms with Crippen LogP contribution in [0.2, 0.25) is 0 Å². The van der Waals surface area contributed by atoms with Crippen molar-refractivity contribution >= 4 is 5.91 Å². The van der Waals surface area contributed by atoms with Crippen molar-refractivity contribution in [2.45, 2.75) is 32.2 Å². The summed E-state index contributed by atoms with van der Waals surface area (Å²) in [5.41, 5.74) is 6.29. The number of primary amides is 1. The van der Waals surface area contributed by atoms with E-state index in [2.05, 4.69) is 5.32 Å². The molecule has 1 fully saturated rings. The molecule has 4 nitrogen and oxygen atoms in total. The van der Waals surface area contributed by atoms with Gasteiger partial charge in [-0.15, -0.1) is 0 Å². The molecule has 0 unspecified atom stereocenters. The molecule has 0 atom stereocenters. The predicted octanol–water partition coefficient (Wildman–Crippen LogP) is 3.75. The van der Waals surface area contributed by atoms with Crippen molar-refractivity contribution in [1.29, 1.82) is 0 Å². The SMILES string of the molecule is NC(=O)C1(CNCc2ccc(Oc3cccc(F)c3)cc2)CCCC1. The van der Waals surface area contributed by atoms with E-state index in [0.29, 0.717) is 24.6 Å². The zero-order valence-electron chi connectivity index (χ0n) is 14.1. The molecule has 1 aliphatic carbocycles. The van der Waals surface area contributed by atoms with E-state index in [4.69, 9.17) is 10.5 Å². The first-order valence-electron chi connectivity index (χ1n) is 8.60. The third-order valence-corrected chi connectivity index (χ3v) is 4.83. The summed E-state index contributed by atoms with van der Waals surface area (Å²) in [6, 6.07) is 13.7. The number of hydrogen-bond acceptors (Lipinski definition) is 3. The van der Waals surface area contributed by atoms with Crippen LogP contribution >= 0.6 is 0 Å². The Morgan fingerprint density at radius 2 is 1.84 bits per heavy atom. The van der Waals surface area contributed by atoms with Crippen molar-refractivity contribution in [2.75, 3.05) is 6.54 Å². The van der Waals surface area contributed by atoms with Crippen molar-refractivity contribution in [3.63, 3.8) is 0 Å². The Morgan fingerprint density at radius 3 is 2.48 bits per heavy atom. The number of halogens is 1. The van der Waals surface area contributed by atoms with Gasteiger partial charge in [0.05, 0.1) is 5.41 Å². The van der Waals surface area contributed by atoms with E-state index in [-0.39, 0.29) is 17.1 Å². The number of carbonyl (C=O) groups excluding carboxylic acids is 1. The highest BCUT2D eigenvalue weighted by molar-refractivity contribution is 5.81. The van der Waals surface area contributed by atoms with Crippen molar-refractivity contribution in [1.82, 2.24) is 5.32 Å². The van der Waals surface area contributed by atoms with E-state index in [1.807, 2.05) is 24.3 Å². The Hall–Kier alpha value is -2.40. The number of benzene rings is 2. The second-order valence-corrected chi connectivity index (χ2v) is 6.66. The zero-order valence-corrected chi connectivity index (χ0v) is 14.1. The molecular weight excluding hydrogens is 319 g/mol. The first kappa shape index (κ1) is 17.4. The van der Waals surface area contributed by atoms with Gasteiger partial charge in [0.1, 0.15) is 17.3 Å². The van der Waals surface area contributed by atoms with Gasteiger partial charge in [0.25, 0.3) is 0 Å². The molecule has 0 radical (unpaired) electrons. The Morgan fingerprint density at radius 1 is 1.12 bits per heavy atom. The Labute approximate surface area is 147 Å². The van der Waals surface area contributed by atoms with E-state index in [1.54, 1.807) is 12.1 Å². The van der Waals surface area contributed by atoms with E-state index in [0.717, 1.165) is 31.2 Å². The maximum Gasteiger partial charge on any atom is 0.224 e. The lowest BCUT2D eigenvalue weighted by Gasteiger charge is -2.25. The highest BCUT2D eigenvalue weighted by Gasteiger charge is 2.38. The number of ether oxygens (including phenoxy) is 1. The average molecular weight is 342 g/mol. The summed E-state index contributed by atoms with van der Waals surface area (Å²) in [5.74, 6) is 0.596. The van der Waals surface area contributed by atoms with Crippen LogP contribution in [-0.4, -0.2) is 12.5 Å². The van der Waals surface area contributed by atoms with Gasteiger partial charge in [0, 0.05) is 19.2 Å². The molecule has 0 bridgehead atoms. The van der Waals surface area contributed by atoms with Gasteiger partial charge >= 0.3 is 0 Å². The highest BCUT2D eigenvalue weighted by atomic mass is 19.1. The van der Waals surface area contributed by atoms with E-state index in [9.17, 15) is 9.18 Å². The van der Waals surface area contributed by atoms with Gasteiger partial charge < -0.3 is 15.8 Å². The molecule has 5 heteroatoms. The van der Waals surface area contributed by atoms with Crippen molar-refractivity contribution < 1.29 is 13.9 Å². The second kappa shape index (κ2) is 7.66. The molecule has 3 rings (SSSR count). The summed E-state index contributed by atoms with van der Waals surface area (Å²) in [6.07, 6.45) is 3.87. The summed E-state index contributed by atoms with van der Waals surface area (Å²) in [4.78, 5) is 11.7. The average Bonchev–Trinajstić information content (AvgIpc) is 3.07. The molecule has 3 N–H and O–H groups in total. The Bertz CT molecular complexity index is 725. The van der Waals surface area contributed by atoms with E-state index in [1.165, 1.54) is 12.1 Å². The lowest BCUT2D eigenvalue weighted by atomic mass is 9.85. The standard InChI is InChI=1S/C20H23FN2O2/c21-16-4-3-5-18(12-16)25-17-8-6-15(7-9-17)13-23-14-20(19(22)24)10-1-2-11-20/h3-9,12,23H,1-2,10-11,13-14H2,(H2,22,24). The quantitative estimate of drug-likeness (QED) is 0.805.